The SMILES string of the molecule is CCOC(=O)C1=C(C)NC(C)=C(C(=O)OCC)C1c1ccc(O[C@@H]2O[C@H](CO)[C@@H](O)[C@@H](O)[C@H]2O)cc1. The van der Waals surface area contributed by atoms with Gasteiger partial charge in [-0.3, -0.25) is 0 Å². The maximum atomic E-state index is 12.9. The molecule has 2 aliphatic rings. The molecule has 1 saturated heterocycles. The smallest absolute Gasteiger partial charge is 0.336 e. The summed E-state index contributed by atoms with van der Waals surface area (Å²) in [5, 5.41) is 42.6. The molecule has 11 nitrogen and oxygen atoms in total. The van der Waals surface area contributed by atoms with Gasteiger partial charge >= 0.3 is 11.9 Å². The predicted octanol–water partition coefficient (Wildman–Crippen LogP) is 0.226. The molecule has 0 saturated carbocycles. The van der Waals surface area contributed by atoms with E-state index in [2.05, 4.69) is 5.32 Å². The summed E-state index contributed by atoms with van der Waals surface area (Å²) in [5.41, 5.74) is 2.22. The Bertz CT molecular complexity index is 976. The topological polar surface area (TPSA) is 164 Å². The van der Waals surface area contributed by atoms with Crippen LogP contribution >= 0.6 is 0 Å². The molecule has 2 heterocycles. The van der Waals surface area contributed by atoms with Crippen LogP contribution in [0.4, 0.5) is 0 Å². The molecule has 5 atom stereocenters. The van der Waals surface area contributed by atoms with Crippen LogP contribution in [0.25, 0.3) is 0 Å². The Morgan fingerprint density at radius 3 is 1.89 bits per heavy atom. The highest BCUT2D eigenvalue weighted by Gasteiger charge is 2.45. The van der Waals surface area contributed by atoms with Crippen LogP contribution in [0.2, 0.25) is 0 Å². The number of hydrogen-bond donors (Lipinski definition) is 5. The fourth-order valence-electron chi connectivity index (χ4n) is 4.32. The quantitative estimate of drug-likeness (QED) is 0.306. The number of nitrogens with one attached hydrogen (secondary N) is 1. The summed E-state index contributed by atoms with van der Waals surface area (Å²) < 4.78 is 21.6. The zero-order valence-corrected chi connectivity index (χ0v) is 20.6. The summed E-state index contributed by atoms with van der Waals surface area (Å²) in [6, 6.07) is 6.40. The zero-order chi connectivity index (χ0) is 26.6. The molecule has 0 bridgehead atoms. The summed E-state index contributed by atoms with van der Waals surface area (Å²) in [5.74, 6) is -1.66. The molecule has 5 N–H and O–H groups in total. The van der Waals surface area contributed by atoms with Crippen molar-refractivity contribution in [1.29, 1.82) is 0 Å². The summed E-state index contributed by atoms with van der Waals surface area (Å²) in [4.78, 5) is 25.8. The Hall–Kier alpha value is -2.96. The van der Waals surface area contributed by atoms with Gasteiger partial charge in [-0.2, -0.15) is 0 Å². The molecule has 3 rings (SSSR count). The number of benzene rings is 1. The number of aliphatic hydroxyl groups excluding tert-OH is 4. The van der Waals surface area contributed by atoms with Crippen LogP contribution < -0.4 is 10.1 Å². The fourth-order valence-corrected chi connectivity index (χ4v) is 4.32. The number of carbonyl (C=O) groups is 2. The molecule has 36 heavy (non-hydrogen) atoms. The van der Waals surface area contributed by atoms with E-state index < -0.39 is 55.2 Å². The Balaban J connectivity index is 1.93. The standard InChI is InChI=1S/C25H33NO10/c1-5-33-23(31)17-12(3)26-13(4)18(24(32)34-6-2)19(17)14-7-9-15(10-8-14)35-25-22(30)21(29)20(28)16(11-27)36-25/h7-10,16,19-22,25-30H,5-6,11H2,1-4H3/t16-,20-,21-,22-,25-/m1/s1. The van der Waals surface area contributed by atoms with Gasteiger partial charge in [-0.1, -0.05) is 12.1 Å². The molecule has 0 aromatic heterocycles. The van der Waals surface area contributed by atoms with E-state index in [0.29, 0.717) is 17.0 Å². The van der Waals surface area contributed by atoms with Crippen molar-refractivity contribution in [2.45, 2.75) is 64.3 Å². The summed E-state index contributed by atoms with van der Waals surface area (Å²) >= 11 is 0. The maximum absolute atomic E-state index is 12.9. The van der Waals surface area contributed by atoms with Gasteiger partial charge in [0.05, 0.1) is 36.9 Å². The number of rotatable bonds is 8. The number of allylic oxidation sites excluding steroid dienone is 2. The first-order valence-corrected chi connectivity index (χ1v) is 11.7. The third-order valence-electron chi connectivity index (χ3n) is 6.07. The van der Waals surface area contributed by atoms with Crippen LogP contribution in [0.15, 0.2) is 46.8 Å². The number of aliphatic hydroxyl groups is 4. The molecule has 1 aromatic carbocycles. The lowest BCUT2D eigenvalue weighted by Crippen LogP contribution is -2.60. The molecular weight excluding hydrogens is 474 g/mol. The third-order valence-corrected chi connectivity index (χ3v) is 6.07. The van der Waals surface area contributed by atoms with Gasteiger partial charge in [0.1, 0.15) is 30.2 Å². The van der Waals surface area contributed by atoms with Gasteiger partial charge in [0.25, 0.3) is 0 Å². The van der Waals surface area contributed by atoms with Crippen LogP contribution in [-0.4, -0.2) is 82.9 Å². The van der Waals surface area contributed by atoms with Crippen molar-refractivity contribution in [3.05, 3.63) is 52.4 Å². The number of hydrogen-bond acceptors (Lipinski definition) is 11. The molecule has 0 aliphatic carbocycles. The van der Waals surface area contributed by atoms with E-state index in [0.717, 1.165) is 0 Å². The van der Waals surface area contributed by atoms with Gasteiger partial charge < -0.3 is 44.7 Å². The number of ether oxygens (including phenoxy) is 4. The lowest BCUT2D eigenvalue weighted by Gasteiger charge is -2.39. The Kier molecular flexibility index (Phi) is 9.09. The largest absolute Gasteiger partial charge is 0.463 e. The van der Waals surface area contributed by atoms with Crippen molar-refractivity contribution in [3.8, 4) is 5.75 Å². The zero-order valence-electron chi connectivity index (χ0n) is 20.6. The molecular formula is C25H33NO10. The number of carbonyl (C=O) groups excluding carboxylic acids is 2. The normalized spacial score (nSPS) is 26.9. The Morgan fingerprint density at radius 1 is 0.889 bits per heavy atom. The fraction of sp³-hybridized carbons (Fsp3) is 0.520. The molecule has 0 unspecified atom stereocenters. The van der Waals surface area contributed by atoms with Crippen molar-refractivity contribution in [1.82, 2.24) is 5.32 Å². The van der Waals surface area contributed by atoms with E-state index in [4.69, 9.17) is 18.9 Å². The molecule has 2 aliphatic heterocycles. The van der Waals surface area contributed by atoms with Crippen LogP contribution in [0.3, 0.4) is 0 Å². The highest BCUT2D eigenvalue weighted by atomic mass is 16.7. The number of dihydropyridines is 1. The predicted molar refractivity (Wildman–Crippen MR) is 125 cm³/mol. The second-order valence-electron chi connectivity index (χ2n) is 8.46. The first-order valence-electron chi connectivity index (χ1n) is 11.7. The summed E-state index contributed by atoms with van der Waals surface area (Å²) in [6.07, 6.45) is -7.09. The molecule has 1 aromatic rings. The van der Waals surface area contributed by atoms with Crippen molar-refractivity contribution < 1.29 is 49.0 Å². The first kappa shape index (κ1) is 27.6. The van der Waals surface area contributed by atoms with E-state index in [1.165, 1.54) is 0 Å². The van der Waals surface area contributed by atoms with E-state index in [9.17, 15) is 30.0 Å². The van der Waals surface area contributed by atoms with Crippen LogP contribution in [0, 0.1) is 0 Å². The minimum atomic E-state index is -1.57. The highest BCUT2D eigenvalue weighted by molar-refractivity contribution is 5.99. The van der Waals surface area contributed by atoms with Crippen LogP contribution in [0.1, 0.15) is 39.2 Å². The average Bonchev–Trinajstić information content (AvgIpc) is 2.84. The summed E-state index contributed by atoms with van der Waals surface area (Å²) in [7, 11) is 0. The highest BCUT2D eigenvalue weighted by Crippen LogP contribution is 2.40. The van der Waals surface area contributed by atoms with Gasteiger partial charge in [-0.05, 0) is 45.4 Å². The Morgan fingerprint density at radius 2 is 1.42 bits per heavy atom. The second kappa shape index (κ2) is 11.8. The molecule has 11 heteroatoms. The van der Waals surface area contributed by atoms with E-state index >= 15 is 0 Å². The monoisotopic (exact) mass is 507 g/mol. The Labute approximate surface area is 208 Å². The minimum Gasteiger partial charge on any atom is -0.463 e. The van der Waals surface area contributed by atoms with Gasteiger partial charge in [-0.25, -0.2) is 9.59 Å². The summed E-state index contributed by atoms with van der Waals surface area (Å²) in [6.45, 7) is 6.57. The van der Waals surface area contributed by atoms with Crippen molar-refractivity contribution in [3.63, 3.8) is 0 Å². The van der Waals surface area contributed by atoms with E-state index in [1.807, 2.05) is 0 Å². The molecule has 0 radical (unpaired) electrons. The van der Waals surface area contributed by atoms with Crippen LogP contribution in [-0.2, 0) is 23.8 Å². The molecule has 1 fully saturated rings. The minimum absolute atomic E-state index is 0.158. The molecule has 0 amide bonds. The third kappa shape index (κ3) is 5.55. The van der Waals surface area contributed by atoms with Gasteiger partial charge in [0.2, 0.25) is 6.29 Å². The number of esters is 2. The van der Waals surface area contributed by atoms with Gasteiger partial charge in [-0.15, -0.1) is 0 Å². The van der Waals surface area contributed by atoms with Crippen molar-refractivity contribution in [2.75, 3.05) is 19.8 Å². The maximum Gasteiger partial charge on any atom is 0.336 e. The van der Waals surface area contributed by atoms with E-state index in [1.54, 1.807) is 52.0 Å². The van der Waals surface area contributed by atoms with Gasteiger partial charge in [0.15, 0.2) is 0 Å². The molecule has 198 valence electrons. The lowest BCUT2D eigenvalue weighted by atomic mass is 9.80. The van der Waals surface area contributed by atoms with Crippen molar-refractivity contribution in [2.24, 2.45) is 0 Å². The molecule has 0 spiro atoms. The average molecular weight is 508 g/mol. The van der Waals surface area contributed by atoms with Gasteiger partial charge in [0, 0.05) is 11.4 Å². The lowest BCUT2D eigenvalue weighted by molar-refractivity contribution is -0.277. The van der Waals surface area contributed by atoms with Crippen LogP contribution in [0.5, 0.6) is 5.75 Å². The first-order chi connectivity index (χ1) is 17.1. The van der Waals surface area contributed by atoms with E-state index in [-0.39, 0.29) is 30.1 Å². The second-order valence-corrected chi connectivity index (χ2v) is 8.46. The van der Waals surface area contributed by atoms with Crippen molar-refractivity contribution >= 4 is 11.9 Å².